The highest BCUT2D eigenvalue weighted by atomic mass is 35.5. The summed E-state index contributed by atoms with van der Waals surface area (Å²) in [5, 5.41) is 3.83. The van der Waals surface area contributed by atoms with E-state index >= 15 is 0 Å². The highest BCUT2D eigenvalue weighted by molar-refractivity contribution is 6.34. The Labute approximate surface area is 257 Å². The van der Waals surface area contributed by atoms with E-state index in [2.05, 4.69) is 46.2 Å². The molecule has 1 aromatic heterocycles. The van der Waals surface area contributed by atoms with Crippen molar-refractivity contribution in [3.05, 3.63) is 64.8 Å². The first kappa shape index (κ1) is 29.2. The van der Waals surface area contributed by atoms with Crippen LogP contribution in [-0.4, -0.2) is 97.8 Å². The van der Waals surface area contributed by atoms with Crippen molar-refractivity contribution in [2.24, 2.45) is 0 Å². The number of fused-ring (bicyclic) bond motifs is 1. The number of piperazine rings is 1. The van der Waals surface area contributed by atoms with Gasteiger partial charge < -0.3 is 24.8 Å². The monoisotopic (exact) mass is 604 g/mol. The Morgan fingerprint density at radius 1 is 1.09 bits per heavy atom. The highest BCUT2D eigenvalue weighted by Gasteiger charge is 2.41. The number of ether oxygens (including phenoxy) is 1. The number of amides is 3. The standard InChI is InChI=1S/C31H37ClN8O3/c1-21-16-23(8-9-26(21)37-14-12-36(2)13-15-37)34-30-33-17-22-18-39(27-7-5-4-6-25(27)32)31(42)40(29(22)35-30)24-10-11-38(19-24)28(41)20-43-3/h4-9,16-17,24H,10-15,18-20H2,1-3H3,(H,33,34,35)/t24-/m0/s1. The number of carbonyl (C=O) groups excluding carboxylic acids is 2. The number of anilines is 5. The summed E-state index contributed by atoms with van der Waals surface area (Å²) in [5.41, 5.74) is 4.70. The summed E-state index contributed by atoms with van der Waals surface area (Å²) in [4.78, 5) is 46.1. The van der Waals surface area contributed by atoms with Gasteiger partial charge in [-0.1, -0.05) is 23.7 Å². The molecule has 3 aromatic rings. The van der Waals surface area contributed by atoms with Gasteiger partial charge in [-0.2, -0.15) is 4.98 Å². The van der Waals surface area contributed by atoms with Crippen molar-refractivity contribution in [1.29, 1.82) is 0 Å². The number of aryl methyl sites for hydroxylation is 1. The fourth-order valence-corrected chi connectivity index (χ4v) is 6.32. The Morgan fingerprint density at radius 2 is 1.88 bits per heavy atom. The minimum absolute atomic E-state index is 0.00621. The Bertz CT molecular complexity index is 1510. The lowest BCUT2D eigenvalue weighted by Gasteiger charge is -2.39. The van der Waals surface area contributed by atoms with E-state index in [4.69, 9.17) is 21.3 Å². The van der Waals surface area contributed by atoms with Crippen molar-refractivity contribution in [2.45, 2.75) is 25.9 Å². The van der Waals surface area contributed by atoms with Crippen LogP contribution in [0.15, 0.2) is 48.7 Å². The quantitative estimate of drug-likeness (QED) is 0.430. The number of rotatable bonds is 7. The van der Waals surface area contributed by atoms with Gasteiger partial charge in [0.15, 0.2) is 0 Å². The van der Waals surface area contributed by atoms with E-state index in [-0.39, 0.29) is 31.1 Å². The number of methoxy groups -OCH3 is 1. The number of urea groups is 1. The maximum atomic E-state index is 14.1. The number of carbonyl (C=O) groups is 2. The molecule has 2 saturated heterocycles. The van der Waals surface area contributed by atoms with Crippen LogP contribution in [0.4, 0.5) is 33.6 Å². The summed E-state index contributed by atoms with van der Waals surface area (Å²) in [6, 6.07) is 13.1. The molecule has 43 heavy (non-hydrogen) atoms. The Balaban J connectivity index is 1.29. The van der Waals surface area contributed by atoms with E-state index in [0.29, 0.717) is 42.0 Å². The molecule has 1 atom stereocenters. The van der Waals surface area contributed by atoms with E-state index in [0.717, 1.165) is 37.4 Å². The molecule has 0 spiro atoms. The van der Waals surface area contributed by atoms with E-state index in [1.807, 2.05) is 24.3 Å². The van der Waals surface area contributed by atoms with E-state index in [9.17, 15) is 9.59 Å². The molecule has 4 heterocycles. The van der Waals surface area contributed by atoms with Crippen LogP contribution in [0.1, 0.15) is 17.5 Å². The van der Waals surface area contributed by atoms with Crippen LogP contribution < -0.4 is 20.0 Å². The van der Waals surface area contributed by atoms with Gasteiger partial charge >= 0.3 is 6.03 Å². The van der Waals surface area contributed by atoms with Crippen molar-refractivity contribution in [3.63, 3.8) is 0 Å². The molecule has 3 aliphatic heterocycles. The van der Waals surface area contributed by atoms with Crippen molar-refractivity contribution in [1.82, 2.24) is 19.8 Å². The largest absolute Gasteiger partial charge is 0.375 e. The topological polar surface area (TPSA) is 97.4 Å². The predicted molar refractivity (Wildman–Crippen MR) is 169 cm³/mol. The third-order valence-electron chi connectivity index (χ3n) is 8.42. The maximum absolute atomic E-state index is 14.1. The number of nitrogens with one attached hydrogen (secondary N) is 1. The number of likely N-dealkylation sites (tertiary alicyclic amines) is 1. The van der Waals surface area contributed by atoms with Crippen LogP contribution in [0.2, 0.25) is 5.02 Å². The summed E-state index contributed by atoms with van der Waals surface area (Å²) in [6.07, 6.45) is 2.39. The average Bonchev–Trinajstić information content (AvgIpc) is 3.48. The van der Waals surface area contributed by atoms with Crippen LogP contribution in [0.5, 0.6) is 0 Å². The van der Waals surface area contributed by atoms with Crippen molar-refractivity contribution < 1.29 is 14.3 Å². The SMILES string of the molecule is COCC(=O)N1CC[C@H](N2C(=O)N(c3ccccc3Cl)Cc3cnc(Nc4ccc(N5CCN(C)CC5)c(C)c4)nc32)C1. The van der Waals surface area contributed by atoms with Crippen LogP contribution in [0, 0.1) is 6.92 Å². The molecule has 2 fully saturated rings. The number of hydrogen-bond donors (Lipinski definition) is 1. The number of nitrogens with zero attached hydrogens (tertiary/aromatic N) is 7. The second-order valence-corrected chi connectivity index (χ2v) is 11.8. The van der Waals surface area contributed by atoms with Crippen molar-refractivity contribution in [2.75, 3.05) is 80.0 Å². The summed E-state index contributed by atoms with van der Waals surface area (Å²) >= 11 is 6.53. The van der Waals surface area contributed by atoms with E-state index < -0.39 is 0 Å². The number of aromatic nitrogens is 2. The van der Waals surface area contributed by atoms with Gasteiger partial charge in [-0.05, 0) is 56.3 Å². The Morgan fingerprint density at radius 3 is 2.63 bits per heavy atom. The number of para-hydroxylation sites is 1. The molecule has 11 nitrogen and oxygen atoms in total. The molecule has 0 saturated carbocycles. The minimum Gasteiger partial charge on any atom is -0.375 e. The molecule has 2 aromatic carbocycles. The van der Waals surface area contributed by atoms with Crippen molar-refractivity contribution >= 4 is 52.4 Å². The molecule has 3 amide bonds. The lowest BCUT2D eigenvalue weighted by atomic mass is 10.1. The second-order valence-electron chi connectivity index (χ2n) is 11.4. The minimum atomic E-state index is -0.259. The fraction of sp³-hybridized carbons (Fsp3) is 0.419. The molecular formula is C31H37ClN8O3. The van der Waals surface area contributed by atoms with Crippen molar-refractivity contribution in [3.8, 4) is 0 Å². The van der Waals surface area contributed by atoms with Crippen LogP contribution in [-0.2, 0) is 16.1 Å². The summed E-state index contributed by atoms with van der Waals surface area (Å²) in [6.45, 7) is 7.43. The van der Waals surface area contributed by atoms with E-state index in [1.165, 1.54) is 18.4 Å². The molecule has 1 N–H and O–H groups in total. The van der Waals surface area contributed by atoms with Gasteiger partial charge in [0.25, 0.3) is 0 Å². The predicted octanol–water partition coefficient (Wildman–Crippen LogP) is 4.13. The summed E-state index contributed by atoms with van der Waals surface area (Å²) in [5.74, 6) is 0.848. The molecular weight excluding hydrogens is 568 g/mol. The lowest BCUT2D eigenvalue weighted by Crippen LogP contribution is -2.53. The zero-order chi connectivity index (χ0) is 30.1. The van der Waals surface area contributed by atoms with E-state index in [1.54, 1.807) is 27.0 Å². The number of halogens is 1. The molecule has 0 bridgehead atoms. The third kappa shape index (κ3) is 5.97. The first-order chi connectivity index (χ1) is 20.8. The molecule has 0 unspecified atom stereocenters. The summed E-state index contributed by atoms with van der Waals surface area (Å²) < 4.78 is 5.06. The lowest BCUT2D eigenvalue weighted by molar-refractivity contribution is -0.134. The van der Waals surface area contributed by atoms with Crippen LogP contribution >= 0.6 is 11.6 Å². The molecule has 0 radical (unpaired) electrons. The zero-order valence-corrected chi connectivity index (χ0v) is 25.5. The maximum Gasteiger partial charge on any atom is 0.330 e. The van der Waals surface area contributed by atoms with Gasteiger partial charge in [-0.25, -0.2) is 9.78 Å². The second kappa shape index (κ2) is 12.4. The van der Waals surface area contributed by atoms with Gasteiger partial charge in [0.05, 0.1) is 23.3 Å². The van der Waals surface area contributed by atoms with Gasteiger partial charge in [0, 0.05) is 69.5 Å². The van der Waals surface area contributed by atoms with Gasteiger partial charge in [-0.3, -0.25) is 14.6 Å². The first-order valence-electron chi connectivity index (χ1n) is 14.6. The zero-order valence-electron chi connectivity index (χ0n) is 24.8. The fourth-order valence-electron chi connectivity index (χ4n) is 6.08. The normalized spacial score (nSPS) is 19.2. The molecule has 3 aliphatic rings. The Kier molecular flexibility index (Phi) is 8.38. The number of likely N-dealkylation sites (N-methyl/N-ethyl adjacent to an activating group) is 1. The number of benzene rings is 2. The van der Waals surface area contributed by atoms with Gasteiger partial charge in [0.2, 0.25) is 11.9 Å². The van der Waals surface area contributed by atoms with Gasteiger partial charge in [-0.15, -0.1) is 0 Å². The van der Waals surface area contributed by atoms with Crippen LogP contribution in [0.25, 0.3) is 0 Å². The van der Waals surface area contributed by atoms with Crippen LogP contribution in [0.3, 0.4) is 0 Å². The summed E-state index contributed by atoms with van der Waals surface area (Å²) in [7, 11) is 3.66. The third-order valence-corrected chi connectivity index (χ3v) is 8.74. The smallest absolute Gasteiger partial charge is 0.330 e. The molecule has 226 valence electrons. The number of hydrogen-bond acceptors (Lipinski definition) is 8. The van der Waals surface area contributed by atoms with Gasteiger partial charge in [0.1, 0.15) is 12.4 Å². The molecule has 12 heteroatoms. The first-order valence-corrected chi connectivity index (χ1v) is 15.0. The molecule has 6 rings (SSSR count). The Hall–Kier alpha value is -3.93. The highest BCUT2D eigenvalue weighted by Crippen LogP contribution is 2.37. The molecule has 0 aliphatic carbocycles. The average molecular weight is 605 g/mol.